The topological polar surface area (TPSA) is 72.0 Å². The molecule has 0 saturated carbocycles. The molecule has 0 unspecified atom stereocenters. The van der Waals surface area contributed by atoms with Crippen molar-refractivity contribution < 1.29 is 4.74 Å². The molecule has 0 bridgehead atoms. The molecule has 218 valence electrons. The van der Waals surface area contributed by atoms with Gasteiger partial charge in [0.1, 0.15) is 10.8 Å². The van der Waals surface area contributed by atoms with Crippen molar-refractivity contribution in [2.24, 2.45) is 0 Å². The zero-order valence-electron chi connectivity index (χ0n) is 24.6. The SMILES string of the molecule is COc1cc(N2CCC(N3CCN(C)CC3)CC2)c(C)cc1Nc1ncc(Cl)c(Nc2ccc3c(c2)N(C)CC3)n1. The number of nitrogens with zero attached hydrogens (tertiary/aromatic N) is 6. The van der Waals surface area contributed by atoms with Crippen LogP contribution >= 0.6 is 11.6 Å². The molecule has 3 aliphatic heterocycles. The van der Waals surface area contributed by atoms with Crippen LogP contribution in [0.5, 0.6) is 5.75 Å². The van der Waals surface area contributed by atoms with Crippen molar-refractivity contribution in [3.05, 3.63) is 52.7 Å². The summed E-state index contributed by atoms with van der Waals surface area (Å²) in [6, 6.07) is 11.3. The monoisotopic (exact) mass is 576 g/mol. The summed E-state index contributed by atoms with van der Waals surface area (Å²) in [5.74, 6) is 1.77. The van der Waals surface area contributed by atoms with Crippen LogP contribution in [0.15, 0.2) is 36.5 Å². The van der Waals surface area contributed by atoms with Gasteiger partial charge >= 0.3 is 0 Å². The van der Waals surface area contributed by atoms with Crippen LogP contribution in [0.1, 0.15) is 24.0 Å². The Hall–Kier alpha value is -3.27. The van der Waals surface area contributed by atoms with Crippen LogP contribution in [0.4, 0.5) is 34.5 Å². The van der Waals surface area contributed by atoms with E-state index in [0.717, 1.165) is 43.2 Å². The molecule has 0 spiro atoms. The molecule has 10 heteroatoms. The van der Waals surface area contributed by atoms with Crippen molar-refractivity contribution in [2.75, 3.05) is 87.5 Å². The number of rotatable bonds is 7. The van der Waals surface area contributed by atoms with Gasteiger partial charge in [-0.05, 0) is 62.6 Å². The Balaban J connectivity index is 1.15. The van der Waals surface area contributed by atoms with Crippen LogP contribution < -0.4 is 25.2 Å². The predicted octanol–water partition coefficient (Wildman–Crippen LogP) is 5.14. The van der Waals surface area contributed by atoms with Crippen molar-refractivity contribution >= 4 is 46.1 Å². The van der Waals surface area contributed by atoms with Gasteiger partial charge in [0.2, 0.25) is 5.95 Å². The molecule has 41 heavy (non-hydrogen) atoms. The fraction of sp³-hybridized carbons (Fsp3) is 0.484. The summed E-state index contributed by atoms with van der Waals surface area (Å²) in [4.78, 5) is 19.0. The summed E-state index contributed by atoms with van der Waals surface area (Å²) in [7, 11) is 6.05. The van der Waals surface area contributed by atoms with Crippen LogP contribution in [-0.2, 0) is 6.42 Å². The summed E-state index contributed by atoms with van der Waals surface area (Å²) >= 11 is 6.49. The van der Waals surface area contributed by atoms with Gasteiger partial charge in [0.05, 0.1) is 19.0 Å². The lowest BCUT2D eigenvalue weighted by atomic mass is 10.0. The van der Waals surface area contributed by atoms with E-state index in [1.54, 1.807) is 13.3 Å². The Kier molecular flexibility index (Phi) is 8.10. The summed E-state index contributed by atoms with van der Waals surface area (Å²) in [6.45, 7) is 10.0. The second-order valence-corrected chi connectivity index (χ2v) is 12.0. The summed E-state index contributed by atoms with van der Waals surface area (Å²) in [6.07, 6.45) is 5.08. The summed E-state index contributed by atoms with van der Waals surface area (Å²) in [5.41, 5.74) is 6.79. The number of aromatic nitrogens is 2. The number of aryl methyl sites for hydroxylation is 1. The molecule has 9 nitrogen and oxygen atoms in total. The number of piperazine rings is 1. The number of hydrogen-bond acceptors (Lipinski definition) is 9. The first-order chi connectivity index (χ1) is 19.9. The van der Waals surface area contributed by atoms with Crippen molar-refractivity contribution in [1.29, 1.82) is 0 Å². The van der Waals surface area contributed by atoms with Gasteiger partial charge in [-0.15, -0.1) is 0 Å². The zero-order chi connectivity index (χ0) is 28.5. The fourth-order valence-corrected chi connectivity index (χ4v) is 6.47. The smallest absolute Gasteiger partial charge is 0.229 e. The molecule has 0 amide bonds. The van der Waals surface area contributed by atoms with Gasteiger partial charge in [-0.3, -0.25) is 4.90 Å². The molecule has 6 rings (SSSR count). The number of anilines is 6. The Labute approximate surface area is 248 Å². The lowest BCUT2D eigenvalue weighted by Gasteiger charge is -2.43. The van der Waals surface area contributed by atoms with Gasteiger partial charge in [-0.1, -0.05) is 17.7 Å². The summed E-state index contributed by atoms with van der Waals surface area (Å²) < 4.78 is 5.83. The zero-order valence-corrected chi connectivity index (χ0v) is 25.3. The van der Waals surface area contributed by atoms with E-state index >= 15 is 0 Å². The van der Waals surface area contributed by atoms with Gasteiger partial charge in [-0.25, -0.2) is 4.98 Å². The average Bonchev–Trinajstić information content (AvgIpc) is 3.35. The maximum atomic E-state index is 6.49. The molecule has 2 N–H and O–H groups in total. The third-order valence-electron chi connectivity index (χ3n) is 8.84. The minimum Gasteiger partial charge on any atom is -0.494 e. The highest BCUT2D eigenvalue weighted by atomic mass is 35.5. The van der Waals surface area contributed by atoms with Crippen LogP contribution in [0.3, 0.4) is 0 Å². The largest absolute Gasteiger partial charge is 0.494 e. The van der Waals surface area contributed by atoms with E-state index in [1.165, 1.54) is 61.5 Å². The third-order valence-corrected chi connectivity index (χ3v) is 9.12. The van der Waals surface area contributed by atoms with Gasteiger partial charge in [0.25, 0.3) is 0 Å². The third kappa shape index (κ3) is 6.03. The molecular formula is C31H41ClN8O. The Morgan fingerprint density at radius 3 is 2.46 bits per heavy atom. The minimum absolute atomic E-state index is 0.452. The number of hydrogen-bond donors (Lipinski definition) is 2. The first kappa shape index (κ1) is 27.9. The number of halogens is 1. The predicted molar refractivity (Wildman–Crippen MR) is 169 cm³/mol. The van der Waals surface area contributed by atoms with Gasteiger partial charge < -0.3 is 30.1 Å². The molecular weight excluding hydrogens is 536 g/mol. The van der Waals surface area contributed by atoms with Gasteiger partial charge in [0, 0.05) is 82.0 Å². The van der Waals surface area contributed by atoms with Crippen molar-refractivity contribution in [2.45, 2.75) is 32.2 Å². The Morgan fingerprint density at radius 2 is 1.71 bits per heavy atom. The first-order valence-electron chi connectivity index (χ1n) is 14.6. The average molecular weight is 577 g/mol. The van der Waals surface area contributed by atoms with E-state index < -0.39 is 0 Å². The maximum Gasteiger partial charge on any atom is 0.229 e. The van der Waals surface area contributed by atoms with Crippen LogP contribution in [0, 0.1) is 6.92 Å². The molecule has 1 aromatic heterocycles. The van der Waals surface area contributed by atoms with Crippen molar-refractivity contribution in [1.82, 2.24) is 19.8 Å². The molecule has 2 aromatic carbocycles. The Bertz CT molecular complexity index is 1380. The van der Waals surface area contributed by atoms with Crippen LogP contribution in [0.2, 0.25) is 5.02 Å². The number of methoxy groups -OCH3 is 1. The van der Waals surface area contributed by atoms with Crippen molar-refractivity contribution in [3.63, 3.8) is 0 Å². The number of benzene rings is 2. The molecule has 0 aliphatic carbocycles. The molecule has 3 aromatic rings. The van der Waals surface area contributed by atoms with Gasteiger partial charge in [-0.2, -0.15) is 4.98 Å². The van der Waals surface area contributed by atoms with Crippen molar-refractivity contribution in [3.8, 4) is 5.75 Å². The number of nitrogens with one attached hydrogen (secondary N) is 2. The second-order valence-electron chi connectivity index (χ2n) is 11.6. The lowest BCUT2D eigenvalue weighted by molar-refractivity contribution is 0.0982. The standard InChI is InChI=1S/C31H41ClN8O/c1-21-17-26(29(41-4)19-27(21)40-11-8-24(9-12-40)39-15-13-37(2)14-16-39)35-31-33-20-25(32)30(36-31)34-23-6-5-22-7-10-38(3)28(22)18-23/h5-6,17-20,24H,7-16H2,1-4H3,(H2,33,34,35,36). The van der Waals surface area contributed by atoms with Crippen LogP contribution in [-0.4, -0.2) is 92.8 Å². The quantitative estimate of drug-likeness (QED) is 0.397. The molecule has 0 radical (unpaired) electrons. The number of likely N-dealkylation sites (N-methyl/N-ethyl adjacent to an activating group) is 2. The second kappa shape index (κ2) is 11.9. The van der Waals surface area contributed by atoms with E-state index in [2.05, 4.69) is 86.6 Å². The Morgan fingerprint density at radius 1 is 0.927 bits per heavy atom. The normalized spacial score (nSPS) is 18.5. The molecule has 4 heterocycles. The van der Waals surface area contributed by atoms with E-state index in [-0.39, 0.29) is 0 Å². The number of ether oxygens (including phenoxy) is 1. The van der Waals surface area contributed by atoms with E-state index in [1.807, 2.05) is 0 Å². The maximum absolute atomic E-state index is 6.49. The van der Waals surface area contributed by atoms with E-state index in [0.29, 0.717) is 22.8 Å². The van der Waals surface area contributed by atoms with Crippen LogP contribution in [0.25, 0.3) is 0 Å². The highest BCUT2D eigenvalue weighted by Crippen LogP contribution is 2.37. The highest BCUT2D eigenvalue weighted by Gasteiger charge is 2.28. The first-order valence-corrected chi connectivity index (χ1v) is 15.0. The van der Waals surface area contributed by atoms with Gasteiger partial charge in [0.15, 0.2) is 5.82 Å². The van der Waals surface area contributed by atoms with E-state index in [4.69, 9.17) is 21.3 Å². The minimum atomic E-state index is 0.452. The number of piperidine rings is 1. The molecule has 2 saturated heterocycles. The number of fused-ring (bicyclic) bond motifs is 1. The summed E-state index contributed by atoms with van der Waals surface area (Å²) in [5, 5.41) is 7.20. The molecule has 0 atom stereocenters. The fourth-order valence-electron chi connectivity index (χ4n) is 6.33. The molecule has 3 aliphatic rings. The van der Waals surface area contributed by atoms with E-state index in [9.17, 15) is 0 Å². The highest BCUT2D eigenvalue weighted by molar-refractivity contribution is 6.32. The molecule has 2 fully saturated rings. The lowest BCUT2D eigenvalue weighted by Crippen LogP contribution is -2.52.